The van der Waals surface area contributed by atoms with E-state index in [0.717, 1.165) is 3.70 Å². The van der Waals surface area contributed by atoms with Crippen molar-refractivity contribution in [2.75, 3.05) is 0 Å². The predicted molar refractivity (Wildman–Crippen MR) is 53.9 cm³/mol. The van der Waals surface area contributed by atoms with Crippen molar-refractivity contribution in [3.05, 3.63) is 21.8 Å². The largest absolute Gasteiger partial charge is 0.334 e. The van der Waals surface area contributed by atoms with Gasteiger partial charge >= 0.3 is 0 Å². The molecule has 0 saturated heterocycles. The molecule has 0 aliphatic rings. The first-order chi connectivity index (χ1) is 5.18. The summed E-state index contributed by atoms with van der Waals surface area (Å²) in [5, 5.41) is 6.88. The van der Waals surface area contributed by atoms with Crippen molar-refractivity contribution >= 4 is 45.4 Å². The Hall–Kier alpha value is -0.360. The lowest BCUT2D eigenvalue weighted by atomic mass is 10.5. The lowest BCUT2D eigenvalue weighted by molar-refractivity contribution is 1.25. The average Bonchev–Trinajstić information content (AvgIpc) is 2.31. The number of rotatable bonds is 2. The van der Waals surface area contributed by atoms with E-state index in [-0.39, 0.29) is 5.17 Å². The summed E-state index contributed by atoms with van der Waals surface area (Å²) >= 11 is 7.41. The van der Waals surface area contributed by atoms with Gasteiger partial charge in [0.25, 0.3) is 0 Å². The van der Waals surface area contributed by atoms with Crippen molar-refractivity contribution < 1.29 is 0 Å². The molecule has 0 radical (unpaired) electrons. The standard InChI is InChI=1S/C6H5ClIN3/c7-4(9)1-2-6-10-3-5(8)11-6/h1-3,9H,(H,10,11)/b2-1-,9-4?. The number of nitrogens with zero attached hydrogens (tertiary/aromatic N) is 1. The van der Waals surface area contributed by atoms with Crippen molar-refractivity contribution in [3.63, 3.8) is 0 Å². The molecule has 58 valence electrons. The SMILES string of the molecule is N=C(Cl)/C=C\c1ncc(I)[nH]1. The fourth-order valence-corrected chi connectivity index (χ4v) is 1.03. The number of halogens is 2. The van der Waals surface area contributed by atoms with E-state index >= 15 is 0 Å². The van der Waals surface area contributed by atoms with E-state index in [2.05, 4.69) is 32.6 Å². The molecule has 5 heteroatoms. The molecule has 0 unspecified atom stereocenters. The van der Waals surface area contributed by atoms with Gasteiger partial charge in [-0.05, 0) is 34.7 Å². The number of imidazole rings is 1. The summed E-state index contributed by atoms with van der Waals surface area (Å²) in [5.41, 5.74) is 0. The Labute approximate surface area is 82.5 Å². The van der Waals surface area contributed by atoms with Gasteiger partial charge in [-0.3, -0.25) is 5.41 Å². The van der Waals surface area contributed by atoms with E-state index in [1.54, 1.807) is 12.3 Å². The number of aromatic amines is 1. The monoisotopic (exact) mass is 281 g/mol. The molecule has 0 spiro atoms. The Morgan fingerprint density at radius 3 is 3.00 bits per heavy atom. The van der Waals surface area contributed by atoms with Gasteiger partial charge in [-0.25, -0.2) is 4.98 Å². The highest BCUT2D eigenvalue weighted by atomic mass is 127. The number of allylic oxidation sites excluding steroid dienone is 1. The summed E-state index contributed by atoms with van der Waals surface area (Å²) in [7, 11) is 0. The molecule has 1 heterocycles. The van der Waals surface area contributed by atoms with E-state index in [4.69, 9.17) is 17.0 Å². The Morgan fingerprint density at radius 1 is 1.82 bits per heavy atom. The van der Waals surface area contributed by atoms with Crippen molar-refractivity contribution in [3.8, 4) is 0 Å². The van der Waals surface area contributed by atoms with E-state index in [1.807, 2.05) is 0 Å². The summed E-state index contributed by atoms with van der Waals surface area (Å²) in [6.45, 7) is 0. The molecule has 2 N–H and O–H groups in total. The summed E-state index contributed by atoms with van der Waals surface area (Å²) in [6.07, 6.45) is 4.83. The molecule has 0 saturated carbocycles. The molecule has 0 bridgehead atoms. The third kappa shape index (κ3) is 3.02. The highest BCUT2D eigenvalue weighted by molar-refractivity contribution is 14.1. The Balaban J connectivity index is 2.71. The van der Waals surface area contributed by atoms with Gasteiger partial charge in [0.2, 0.25) is 0 Å². The van der Waals surface area contributed by atoms with E-state index in [9.17, 15) is 0 Å². The second kappa shape index (κ2) is 3.87. The molecule has 0 amide bonds. The fraction of sp³-hybridized carbons (Fsp3) is 0. The van der Waals surface area contributed by atoms with Crippen LogP contribution in [0.15, 0.2) is 12.3 Å². The van der Waals surface area contributed by atoms with Crippen LogP contribution in [0.25, 0.3) is 6.08 Å². The van der Waals surface area contributed by atoms with Crippen molar-refractivity contribution in [1.29, 1.82) is 5.41 Å². The molecular weight excluding hydrogens is 276 g/mol. The summed E-state index contributed by atoms with van der Waals surface area (Å²) in [4.78, 5) is 6.95. The van der Waals surface area contributed by atoms with E-state index in [0.29, 0.717) is 5.82 Å². The summed E-state index contributed by atoms with van der Waals surface area (Å²) < 4.78 is 0.961. The maximum atomic E-state index is 6.89. The molecule has 3 nitrogen and oxygen atoms in total. The Kier molecular flexibility index (Phi) is 3.07. The first kappa shape index (κ1) is 8.73. The minimum absolute atomic E-state index is 0.00333. The van der Waals surface area contributed by atoms with Gasteiger partial charge in [0.05, 0.1) is 9.90 Å². The van der Waals surface area contributed by atoms with Gasteiger partial charge in [0, 0.05) is 0 Å². The quantitative estimate of drug-likeness (QED) is 0.634. The van der Waals surface area contributed by atoms with Crippen molar-refractivity contribution in [2.24, 2.45) is 0 Å². The van der Waals surface area contributed by atoms with Gasteiger partial charge in [-0.15, -0.1) is 0 Å². The van der Waals surface area contributed by atoms with Crippen LogP contribution in [-0.4, -0.2) is 15.1 Å². The maximum absolute atomic E-state index is 6.89. The van der Waals surface area contributed by atoms with Crippen LogP contribution in [0.2, 0.25) is 0 Å². The van der Waals surface area contributed by atoms with Crippen LogP contribution in [0.4, 0.5) is 0 Å². The first-order valence-corrected chi connectivity index (χ1v) is 4.27. The van der Waals surface area contributed by atoms with Gasteiger partial charge in [-0.2, -0.15) is 0 Å². The lowest BCUT2D eigenvalue weighted by Crippen LogP contribution is -1.77. The normalized spacial score (nSPS) is 10.7. The Bertz CT molecular complexity index is 292. The van der Waals surface area contributed by atoms with Crippen LogP contribution in [0.1, 0.15) is 5.82 Å². The third-order valence-corrected chi connectivity index (χ3v) is 1.63. The maximum Gasteiger partial charge on any atom is 0.130 e. The highest BCUT2D eigenvalue weighted by Crippen LogP contribution is 2.02. The van der Waals surface area contributed by atoms with Crippen LogP contribution >= 0.6 is 34.2 Å². The van der Waals surface area contributed by atoms with Crippen LogP contribution in [0.5, 0.6) is 0 Å². The van der Waals surface area contributed by atoms with Gasteiger partial charge < -0.3 is 4.98 Å². The van der Waals surface area contributed by atoms with Crippen LogP contribution in [0.3, 0.4) is 0 Å². The molecule has 1 aromatic heterocycles. The molecule has 0 atom stereocenters. The highest BCUT2D eigenvalue weighted by Gasteiger charge is 1.91. The minimum atomic E-state index is -0.00333. The van der Waals surface area contributed by atoms with E-state index in [1.165, 1.54) is 6.08 Å². The molecule has 0 aliphatic heterocycles. The molecule has 0 fully saturated rings. The van der Waals surface area contributed by atoms with Crippen LogP contribution in [0, 0.1) is 9.11 Å². The summed E-state index contributed by atoms with van der Waals surface area (Å²) in [6, 6.07) is 0. The smallest absolute Gasteiger partial charge is 0.130 e. The predicted octanol–water partition coefficient (Wildman–Crippen LogP) is 2.24. The molecule has 0 aromatic carbocycles. The minimum Gasteiger partial charge on any atom is -0.334 e. The van der Waals surface area contributed by atoms with Crippen LogP contribution in [-0.2, 0) is 0 Å². The van der Waals surface area contributed by atoms with Gasteiger partial charge in [0.1, 0.15) is 11.0 Å². The topological polar surface area (TPSA) is 52.5 Å². The molecular formula is C6H5ClIN3. The van der Waals surface area contributed by atoms with Gasteiger partial charge in [0.15, 0.2) is 0 Å². The first-order valence-electron chi connectivity index (χ1n) is 2.81. The number of hydrogen-bond acceptors (Lipinski definition) is 2. The zero-order chi connectivity index (χ0) is 8.27. The Morgan fingerprint density at radius 2 is 2.55 bits per heavy atom. The molecule has 1 rings (SSSR count). The lowest BCUT2D eigenvalue weighted by Gasteiger charge is -1.81. The average molecular weight is 281 g/mol. The second-order valence-corrected chi connectivity index (χ2v) is 3.37. The number of aromatic nitrogens is 2. The third-order valence-electron chi connectivity index (χ3n) is 0.952. The van der Waals surface area contributed by atoms with E-state index < -0.39 is 0 Å². The second-order valence-electron chi connectivity index (χ2n) is 1.80. The molecule has 1 aromatic rings. The summed E-state index contributed by atoms with van der Waals surface area (Å²) in [5.74, 6) is 0.708. The molecule has 11 heavy (non-hydrogen) atoms. The fourth-order valence-electron chi connectivity index (χ4n) is 0.550. The van der Waals surface area contributed by atoms with Crippen molar-refractivity contribution in [2.45, 2.75) is 0 Å². The molecule has 0 aliphatic carbocycles. The zero-order valence-corrected chi connectivity index (χ0v) is 8.35. The number of hydrogen-bond donors (Lipinski definition) is 2. The van der Waals surface area contributed by atoms with Gasteiger partial charge in [-0.1, -0.05) is 11.6 Å². The zero-order valence-electron chi connectivity index (χ0n) is 5.44. The van der Waals surface area contributed by atoms with Crippen molar-refractivity contribution in [1.82, 2.24) is 9.97 Å². The van der Waals surface area contributed by atoms with Crippen LogP contribution < -0.4 is 0 Å². The number of nitrogens with one attached hydrogen (secondary N) is 2. The number of H-pyrrole nitrogens is 1.